The third-order valence-electron chi connectivity index (χ3n) is 3.42. The molecule has 23 heavy (non-hydrogen) atoms. The lowest BCUT2D eigenvalue weighted by atomic mass is 10.1. The smallest absolute Gasteiger partial charge is 0.255 e. The number of rotatable bonds is 3. The average Bonchev–Trinajstić information content (AvgIpc) is 2.91. The van der Waals surface area contributed by atoms with Crippen LogP contribution < -0.4 is 5.32 Å². The van der Waals surface area contributed by atoms with Crippen molar-refractivity contribution in [3.8, 4) is 11.3 Å². The molecule has 4 nitrogen and oxygen atoms in total. The molecule has 3 aromatic rings. The lowest BCUT2D eigenvalue weighted by Crippen LogP contribution is -2.13. The largest absolute Gasteiger partial charge is 0.319 e. The van der Waals surface area contributed by atoms with E-state index in [1.165, 1.54) is 12.3 Å². The fourth-order valence-corrected chi connectivity index (χ4v) is 2.30. The quantitative estimate of drug-likeness (QED) is 0.803. The van der Waals surface area contributed by atoms with Gasteiger partial charge in [0.25, 0.3) is 5.91 Å². The second kappa shape index (κ2) is 6.00. The lowest BCUT2D eigenvalue weighted by molar-refractivity contribution is 0.102. The van der Waals surface area contributed by atoms with E-state index in [0.29, 0.717) is 5.69 Å². The summed E-state index contributed by atoms with van der Waals surface area (Å²) in [6, 6.07) is 12.4. The van der Waals surface area contributed by atoms with Crippen LogP contribution in [0.2, 0.25) is 0 Å². The van der Waals surface area contributed by atoms with Crippen molar-refractivity contribution < 1.29 is 13.6 Å². The fourth-order valence-electron chi connectivity index (χ4n) is 2.30. The third kappa shape index (κ3) is 2.96. The Morgan fingerprint density at radius 3 is 2.52 bits per heavy atom. The van der Waals surface area contributed by atoms with Crippen molar-refractivity contribution in [1.29, 1.82) is 0 Å². The maximum Gasteiger partial charge on any atom is 0.255 e. The van der Waals surface area contributed by atoms with Crippen LogP contribution in [0.25, 0.3) is 11.3 Å². The zero-order chi connectivity index (χ0) is 16.4. The number of nitrogens with one attached hydrogen (secondary N) is 1. The van der Waals surface area contributed by atoms with Gasteiger partial charge in [0.05, 0.1) is 17.6 Å². The fraction of sp³-hybridized carbons (Fsp3) is 0.0588. The molecule has 0 aliphatic carbocycles. The summed E-state index contributed by atoms with van der Waals surface area (Å²) >= 11 is 0. The van der Waals surface area contributed by atoms with Crippen LogP contribution in [-0.4, -0.2) is 15.7 Å². The summed E-state index contributed by atoms with van der Waals surface area (Å²) in [6.45, 7) is 0. The highest BCUT2D eigenvalue weighted by Gasteiger charge is 2.15. The van der Waals surface area contributed by atoms with Gasteiger partial charge < -0.3 is 5.32 Å². The topological polar surface area (TPSA) is 46.9 Å². The van der Waals surface area contributed by atoms with Crippen LogP contribution in [0.1, 0.15) is 10.4 Å². The van der Waals surface area contributed by atoms with Gasteiger partial charge in [-0.25, -0.2) is 8.78 Å². The molecule has 0 atom stereocenters. The van der Waals surface area contributed by atoms with E-state index in [4.69, 9.17) is 0 Å². The normalized spacial score (nSPS) is 10.6. The minimum Gasteiger partial charge on any atom is -0.319 e. The van der Waals surface area contributed by atoms with Gasteiger partial charge in [-0.15, -0.1) is 0 Å². The Hall–Kier alpha value is -3.02. The number of anilines is 1. The second-order valence-electron chi connectivity index (χ2n) is 4.98. The van der Waals surface area contributed by atoms with Crippen molar-refractivity contribution in [2.45, 2.75) is 0 Å². The van der Waals surface area contributed by atoms with Crippen LogP contribution in [0, 0.1) is 11.6 Å². The van der Waals surface area contributed by atoms with E-state index < -0.39 is 17.5 Å². The van der Waals surface area contributed by atoms with Gasteiger partial charge in [-0.3, -0.25) is 9.48 Å². The molecule has 0 unspecified atom stereocenters. The number of hydrogen-bond acceptors (Lipinski definition) is 2. The van der Waals surface area contributed by atoms with Crippen LogP contribution in [0.15, 0.2) is 54.7 Å². The molecule has 0 saturated carbocycles. The van der Waals surface area contributed by atoms with E-state index in [1.54, 1.807) is 11.7 Å². The molecule has 0 spiro atoms. The summed E-state index contributed by atoms with van der Waals surface area (Å²) in [4.78, 5) is 12.2. The molecule has 0 radical (unpaired) electrons. The highest BCUT2D eigenvalue weighted by molar-refractivity contribution is 6.05. The number of aromatic nitrogens is 2. The molecule has 0 saturated heterocycles. The van der Waals surface area contributed by atoms with Crippen LogP contribution in [0.5, 0.6) is 0 Å². The molecule has 116 valence electrons. The van der Waals surface area contributed by atoms with E-state index in [9.17, 15) is 13.6 Å². The molecule has 0 aliphatic rings. The molecule has 0 fully saturated rings. The predicted octanol–water partition coefficient (Wildman–Crippen LogP) is 3.62. The molecule has 6 heteroatoms. The SMILES string of the molecule is Cn1ncc(NC(=O)c2ccc(F)c(F)c2)c1-c1ccccc1. The number of halogens is 2. The summed E-state index contributed by atoms with van der Waals surface area (Å²) < 4.78 is 27.8. The Morgan fingerprint density at radius 1 is 1.09 bits per heavy atom. The first kappa shape index (κ1) is 14.9. The van der Waals surface area contributed by atoms with Crippen molar-refractivity contribution in [1.82, 2.24) is 9.78 Å². The van der Waals surface area contributed by atoms with Crippen molar-refractivity contribution >= 4 is 11.6 Å². The number of carbonyl (C=O) groups excluding carboxylic acids is 1. The van der Waals surface area contributed by atoms with E-state index in [-0.39, 0.29) is 5.56 Å². The van der Waals surface area contributed by atoms with Crippen molar-refractivity contribution in [3.63, 3.8) is 0 Å². The molecule has 0 bridgehead atoms. The van der Waals surface area contributed by atoms with Crippen LogP contribution in [-0.2, 0) is 7.05 Å². The zero-order valence-corrected chi connectivity index (χ0v) is 12.3. The van der Waals surface area contributed by atoms with Crippen LogP contribution in [0.4, 0.5) is 14.5 Å². The molecule has 0 aliphatic heterocycles. The molecule has 1 heterocycles. The molecule has 2 aromatic carbocycles. The molecule has 1 aromatic heterocycles. The Kier molecular flexibility index (Phi) is 3.89. The monoisotopic (exact) mass is 313 g/mol. The highest BCUT2D eigenvalue weighted by atomic mass is 19.2. The van der Waals surface area contributed by atoms with E-state index >= 15 is 0 Å². The van der Waals surface area contributed by atoms with Gasteiger partial charge >= 0.3 is 0 Å². The molecular formula is C17H13F2N3O. The van der Waals surface area contributed by atoms with Gasteiger partial charge in [-0.2, -0.15) is 5.10 Å². The van der Waals surface area contributed by atoms with Crippen LogP contribution in [0.3, 0.4) is 0 Å². The first-order chi connectivity index (χ1) is 11.1. The van der Waals surface area contributed by atoms with Gasteiger partial charge in [-0.1, -0.05) is 30.3 Å². The third-order valence-corrected chi connectivity index (χ3v) is 3.42. The summed E-state index contributed by atoms with van der Waals surface area (Å²) in [6.07, 6.45) is 1.51. The Morgan fingerprint density at radius 2 is 1.83 bits per heavy atom. The first-order valence-electron chi connectivity index (χ1n) is 6.90. The van der Waals surface area contributed by atoms with E-state index in [1.807, 2.05) is 30.3 Å². The van der Waals surface area contributed by atoms with Gasteiger partial charge in [0, 0.05) is 18.2 Å². The van der Waals surface area contributed by atoms with Gasteiger partial charge in [-0.05, 0) is 18.2 Å². The number of carbonyl (C=O) groups is 1. The number of hydrogen-bond donors (Lipinski definition) is 1. The summed E-state index contributed by atoms with van der Waals surface area (Å²) in [5, 5.41) is 6.82. The molecule has 3 rings (SSSR count). The molecule has 1 amide bonds. The van der Waals surface area contributed by atoms with E-state index in [2.05, 4.69) is 10.4 Å². The standard InChI is InChI=1S/C17H13F2N3O/c1-22-16(11-5-3-2-4-6-11)15(10-20-22)21-17(23)12-7-8-13(18)14(19)9-12/h2-10H,1H3,(H,21,23). The minimum absolute atomic E-state index is 0.0340. The number of aryl methyl sites for hydroxylation is 1. The summed E-state index contributed by atoms with van der Waals surface area (Å²) in [5.74, 6) is -2.59. The summed E-state index contributed by atoms with van der Waals surface area (Å²) in [7, 11) is 1.76. The Labute approximate surface area is 131 Å². The first-order valence-corrected chi connectivity index (χ1v) is 6.90. The molecular weight excluding hydrogens is 300 g/mol. The minimum atomic E-state index is -1.06. The maximum atomic E-state index is 13.3. The van der Waals surface area contributed by atoms with Crippen molar-refractivity contribution in [2.24, 2.45) is 7.05 Å². The van der Waals surface area contributed by atoms with Crippen molar-refractivity contribution in [2.75, 3.05) is 5.32 Å². The van der Waals surface area contributed by atoms with Crippen LogP contribution >= 0.6 is 0 Å². The van der Waals surface area contributed by atoms with Crippen molar-refractivity contribution in [3.05, 3.63) is 71.9 Å². The zero-order valence-electron chi connectivity index (χ0n) is 12.3. The Balaban J connectivity index is 1.92. The lowest BCUT2D eigenvalue weighted by Gasteiger charge is -2.08. The van der Waals surface area contributed by atoms with Gasteiger partial charge in [0.2, 0.25) is 0 Å². The van der Waals surface area contributed by atoms with E-state index in [0.717, 1.165) is 23.4 Å². The second-order valence-corrected chi connectivity index (χ2v) is 4.98. The maximum absolute atomic E-state index is 13.3. The highest BCUT2D eigenvalue weighted by Crippen LogP contribution is 2.27. The number of nitrogens with zero attached hydrogens (tertiary/aromatic N) is 2. The Bertz CT molecular complexity index is 860. The molecule has 1 N–H and O–H groups in total. The van der Waals surface area contributed by atoms with Gasteiger partial charge in [0.1, 0.15) is 0 Å². The predicted molar refractivity (Wildman–Crippen MR) is 83.0 cm³/mol. The number of benzene rings is 2. The number of amides is 1. The van der Waals surface area contributed by atoms with Gasteiger partial charge in [0.15, 0.2) is 11.6 Å². The average molecular weight is 313 g/mol. The summed E-state index contributed by atoms with van der Waals surface area (Å²) in [5.41, 5.74) is 2.13.